The van der Waals surface area contributed by atoms with Gasteiger partial charge in [0.2, 0.25) is 0 Å². The number of ether oxygens (including phenoxy) is 1. The molecule has 1 aliphatic heterocycles. The fraction of sp³-hybridized carbons (Fsp3) is 0.450. The van der Waals surface area contributed by atoms with Crippen molar-refractivity contribution in [2.45, 2.75) is 55.7 Å². The van der Waals surface area contributed by atoms with Crippen molar-refractivity contribution >= 4 is 22.9 Å². The molecule has 0 saturated carbocycles. The van der Waals surface area contributed by atoms with Gasteiger partial charge in [0.05, 0.1) is 6.33 Å². The smallest absolute Gasteiger partial charge is 0.167 e. The molecular formula is C20H24N4O2S. The van der Waals surface area contributed by atoms with Crippen LogP contribution in [0.3, 0.4) is 0 Å². The van der Waals surface area contributed by atoms with E-state index in [1.54, 1.807) is 31.9 Å². The van der Waals surface area contributed by atoms with Gasteiger partial charge in [-0.05, 0) is 38.7 Å². The van der Waals surface area contributed by atoms with Crippen molar-refractivity contribution < 1.29 is 9.84 Å². The van der Waals surface area contributed by atoms with Crippen LogP contribution in [0.2, 0.25) is 0 Å². The van der Waals surface area contributed by atoms with Gasteiger partial charge in [0.15, 0.2) is 11.5 Å². The predicted molar refractivity (Wildman–Crippen MR) is 105 cm³/mol. The molecule has 3 heterocycles. The molecule has 1 N–H and O–H groups in total. The highest BCUT2D eigenvalue weighted by molar-refractivity contribution is 7.98. The van der Waals surface area contributed by atoms with E-state index in [4.69, 9.17) is 4.74 Å². The van der Waals surface area contributed by atoms with Gasteiger partial charge in [-0.15, -0.1) is 0 Å². The summed E-state index contributed by atoms with van der Waals surface area (Å²) in [6, 6.07) is 10.3. The minimum atomic E-state index is -1.13. The van der Waals surface area contributed by atoms with Crippen LogP contribution in [-0.4, -0.2) is 31.2 Å². The van der Waals surface area contributed by atoms with Crippen LogP contribution in [0, 0.1) is 0 Å². The summed E-state index contributed by atoms with van der Waals surface area (Å²) in [7, 11) is 0. The van der Waals surface area contributed by atoms with Crippen LogP contribution in [-0.2, 0) is 16.1 Å². The molecule has 1 atom stereocenters. The fourth-order valence-corrected chi connectivity index (χ4v) is 4.07. The van der Waals surface area contributed by atoms with Crippen LogP contribution in [0.5, 0.6) is 0 Å². The average molecular weight is 385 g/mol. The lowest BCUT2D eigenvalue weighted by molar-refractivity contribution is -0.0299. The number of aromatic nitrogens is 4. The van der Waals surface area contributed by atoms with Crippen LogP contribution in [0.4, 0.5) is 0 Å². The van der Waals surface area contributed by atoms with Crippen molar-refractivity contribution in [2.75, 3.05) is 6.61 Å². The fourth-order valence-electron chi connectivity index (χ4n) is 3.14. The van der Waals surface area contributed by atoms with E-state index < -0.39 is 5.60 Å². The van der Waals surface area contributed by atoms with Gasteiger partial charge in [-0.25, -0.2) is 15.0 Å². The summed E-state index contributed by atoms with van der Waals surface area (Å²) in [4.78, 5) is 13.9. The number of benzene rings is 1. The number of nitrogens with zero attached hydrogens (tertiary/aromatic N) is 4. The number of aliphatic hydroxyl groups is 1. The number of fused-ring (bicyclic) bond motifs is 1. The van der Waals surface area contributed by atoms with Gasteiger partial charge in [-0.3, -0.25) is 4.57 Å². The summed E-state index contributed by atoms with van der Waals surface area (Å²) in [5.74, 6) is 1.19. The summed E-state index contributed by atoms with van der Waals surface area (Å²) >= 11 is 1.61. The first kappa shape index (κ1) is 18.4. The van der Waals surface area contributed by atoms with E-state index in [-0.39, 0.29) is 6.23 Å². The molecule has 1 fully saturated rings. The Labute approximate surface area is 163 Å². The quantitative estimate of drug-likeness (QED) is 0.529. The van der Waals surface area contributed by atoms with Gasteiger partial charge in [0.1, 0.15) is 22.4 Å². The Morgan fingerprint density at radius 2 is 2.04 bits per heavy atom. The minimum absolute atomic E-state index is 0.0553. The van der Waals surface area contributed by atoms with Crippen molar-refractivity contribution in [2.24, 2.45) is 0 Å². The van der Waals surface area contributed by atoms with E-state index in [9.17, 15) is 5.11 Å². The monoisotopic (exact) mass is 384 g/mol. The molecule has 0 spiro atoms. The predicted octanol–water partition coefficient (Wildman–Crippen LogP) is 4.05. The lowest BCUT2D eigenvalue weighted by Crippen LogP contribution is -2.22. The van der Waals surface area contributed by atoms with E-state index in [1.807, 2.05) is 22.8 Å². The number of hydrogen-bond donors (Lipinski definition) is 1. The number of imidazole rings is 1. The molecule has 7 heteroatoms. The summed E-state index contributed by atoms with van der Waals surface area (Å²) in [6.45, 7) is 4.17. The first-order valence-corrected chi connectivity index (χ1v) is 10.3. The highest BCUT2D eigenvalue weighted by Crippen LogP contribution is 2.32. The molecule has 0 radical (unpaired) electrons. The summed E-state index contributed by atoms with van der Waals surface area (Å²) in [5.41, 5.74) is 1.58. The Kier molecular flexibility index (Phi) is 5.16. The SMILES string of the molecule is CC(C)(O)c1nc(SCc2ccccc2)c2ncn(C3CCCCO3)c2n1. The number of rotatable bonds is 5. The molecule has 1 aliphatic rings. The Hall–Kier alpha value is -1.96. The maximum atomic E-state index is 10.5. The van der Waals surface area contributed by atoms with Crippen LogP contribution >= 0.6 is 11.8 Å². The van der Waals surface area contributed by atoms with Crippen LogP contribution in [0.15, 0.2) is 41.7 Å². The average Bonchev–Trinajstić information content (AvgIpc) is 3.11. The van der Waals surface area contributed by atoms with Gasteiger partial charge < -0.3 is 9.84 Å². The van der Waals surface area contributed by atoms with Gasteiger partial charge >= 0.3 is 0 Å². The normalized spacial score (nSPS) is 18.1. The highest BCUT2D eigenvalue weighted by atomic mass is 32.2. The van der Waals surface area contributed by atoms with Crippen molar-refractivity contribution in [1.29, 1.82) is 0 Å². The van der Waals surface area contributed by atoms with Gasteiger partial charge in [-0.2, -0.15) is 0 Å². The molecule has 1 saturated heterocycles. The van der Waals surface area contributed by atoms with Crippen molar-refractivity contribution in [3.8, 4) is 0 Å². The van der Waals surface area contributed by atoms with Crippen LogP contribution < -0.4 is 0 Å². The highest BCUT2D eigenvalue weighted by Gasteiger charge is 2.26. The Bertz CT molecular complexity index is 915. The van der Waals surface area contributed by atoms with Gasteiger partial charge in [-0.1, -0.05) is 42.1 Å². The van der Waals surface area contributed by atoms with E-state index in [2.05, 4.69) is 27.1 Å². The summed E-state index contributed by atoms with van der Waals surface area (Å²) in [5, 5.41) is 11.3. The van der Waals surface area contributed by atoms with E-state index in [0.29, 0.717) is 5.82 Å². The zero-order valence-corrected chi connectivity index (χ0v) is 16.4. The molecule has 0 amide bonds. The van der Waals surface area contributed by atoms with Crippen molar-refractivity contribution in [3.05, 3.63) is 48.0 Å². The second-order valence-corrected chi connectivity index (χ2v) is 8.29. The summed E-state index contributed by atoms with van der Waals surface area (Å²) in [6.07, 6.45) is 4.89. The second kappa shape index (κ2) is 7.58. The Morgan fingerprint density at radius 1 is 1.22 bits per heavy atom. The van der Waals surface area contributed by atoms with Crippen LogP contribution in [0.25, 0.3) is 11.2 Å². The molecule has 3 aromatic rings. The zero-order chi connectivity index (χ0) is 18.9. The lowest BCUT2D eigenvalue weighted by Gasteiger charge is -2.24. The third-order valence-electron chi connectivity index (χ3n) is 4.62. The largest absolute Gasteiger partial charge is 0.382 e. The molecule has 0 aliphatic carbocycles. The standard InChI is InChI=1S/C20H24N4O2S/c1-20(2,25)19-22-17-16(21-13-24(17)15-10-6-7-11-26-15)18(23-19)27-12-14-8-4-3-5-9-14/h3-5,8-9,13,15,25H,6-7,10-12H2,1-2H3. The maximum Gasteiger partial charge on any atom is 0.167 e. The molecule has 1 aromatic carbocycles. The molecular weight excluding hydrogens is 360 g/mol. The topological polar surface area (TPSA) is 73.1 Å². The van der Waals surface area contributed by atoms with Crippen molar-refractivity contribution in [3.63, 3.8) is 0 Å². The molecule has 142 valence electrons. The second-order valence-electron chi connectivity index (χ2n) is 7.33. The molecule has 0 bridgehead atoms. The van der Waals surface area contributed by atoms with Gasteiger partial charge in [0.25, 0.3) is 0 Å². The third kappa shape index (κ3) is 4.00. The zero-order valence-electron chi connectivity index (χ0n) is 15.6. The van der Waals surface area contributed by atoms with E-state index >= 15 is 0 Å². The lowest BCUT2D eigenvalue weighted by atomic mass is 10.1. The first-order chi connectivity index (χ1) is 13.0. The van der Waals surface area contributed by atoms with Crippen LogP contribution in [0.1, 0.15) is 50.7 Å². The minimum Gasteiger partial charge on any atom is -0.382 e. The van der Waals surface area contributed by atoms with E-state index in [1.165, 1.54) is 5.56 Å². The van der Waals surface area contributed by atoms with Crippen molar-refractivity contribution in [1.82, 2.24) is 19.5 Å². The van der Waals surface area contributed by atoms with E-state index in [0.717, 1.165) is 47.8 Å². The molecule has 27 heavy (non-hydrogen) atoms. The van der Waals surface area contributed by atoms with Gasteiger partial charge in [0, 0.05) is 12.4 Å². The molecule has 2 aromatic heterocycles. The number of thioether (sulfide) groups is 1. The first-order valence-electron chi connectivity index (χ1n) is 9.28. The summed E-state index contributed by atoms with van der Waals surface area (Å²) < 4.78 is 7.90. The molecule has 4 rings (SSSR count). The third-order valence-corrected chi connectivity index (χ3v) is 5.66. The Morgan fingerprint density at radius 3 is 2.74 bits per heavy atom. The molecule has 1 unspecified atom stereocenters. The number of hydrogen-bond acceptors (Lipinski definition) is 6. The molecule has 6 nitrogen and oxygen atoms in total. The Balaban J connectivity index is 1.73. The maximum absolute atomic E-state index is 10.5.